The summed E-state index contributed by atoms with van der Waals surface area (Å²) in [5.41, 5.74) is 0. The zero-order valence-corrected chi connectivity index (χ0v) is 6.66. The smallest absolute Gasteiger partial charge is 0.305 e. The van der Waals surface area contributed by atoms with E-state index in [-0.39, 0.29) is 6.42 Å². The van der Waals surface area contributed by atoms with Crippen molar-refractivity contribution in [1.82, 2.24) is 0 Å². The van der Waals surface area contributed by atoms with Gasteiger partial charge in [-0.3, -0.25) is 4.79 Å². The Kier molecular flexibility index (Phi) is 5.47. The number of rotatable bonds is 5. The van der Waals surface area contributed by atoms with Crippen LogP contribution in [0.3, 0.4) is 0 Å². The van der Waals surface area contributed by atoms with Crippen molar-refractivity contribution in [3.63, 3.8) is 0 Å². The number of carboxylic acids is 1. The molecule has 3 heteroatoms. The van der Waals surface area contributed by atoms with Gasteiger partial charge in [-0.1, -0.05) is 12.2 Å². The summed E-state index contributed by atoms with van der Waals surface area (Å²) in [6.45, 7) is 1.89. The lowest BCUT2D eigenvalue weighted by Crippen LogP contribution is -2.11. The molecule has 0 aromatic heterocycles. The van der Waals surface area contributed by atoms with E-state index in [0.29, 0.717) is 6.42 Å². The first kappa shape index (κ1) is 10.2. The lowest BCUT2D eigenvalue weighted by atomic mass is 10.1. The number of hydrogen-bond donors (Lipinski definition) is 2. The number of carboxylic acid groups (broad SMARTS) is 1. The van der Waals surface area contributed by atoms with Crippen LogP contribution in [0.25, 0.3) is 0 Å². The third-order valence-corrected chi connectivity index (χ3v) is 1.31. The van der Waals surface area contributed by atoms with Crippen molar-refractivity contribution in [3.05, 3.63) is 12.2 Å². The van der Waals surface area contributed by atoms with Crippen molar-refractivity contribution >= 4 is 5.97 Å². The molecule has 0 bridgehead atoms. The van der Waals surface area contributed by atoms with Gasteiger partial charge in [-0.15, -0.1) is 0 Å². The third-order valence-electron chi connectivity index (χ3n) is 1.31. The van der Waals surface area contributed by atoms with Crippen LogP contribution in [0.1, 0.15) is 26.2 Å². The van der Waals surface area contributed by atoms with E-state index in [9.17, 15) is 4.79 Å². The maximum Gasteiger partial charge on any atom is 0.305 e. The predicted molar refractivity (Wildman–Crippen MR) is 42.3 cm³/mol. The van der Waals surface area contributed by atoms with Crippen LogP contribution in [0.5, 0.6) is 0 Å². The Morgan fingerprint density at radius 2 is 2.27 bits per heavy atom. The van der Waals surface area contributed by atoms with E-state index in [1.54, 1.807) is 0 Å². The molecule has 0 unspecified atom stereocenters. The maximum atomic E-state index is 10.1. The van der Waals surface area contributed by atoms with Crippen LogP contribution in [-0.4, -0.2) is 22.3 Å². The molecule has 0 radical (unpaired) electrons. The van der Waals surface area contributed by atoms with Crippen LogP contribution in [-0.2, 0) is 4.79 Å². The Morgan fingerprint density at radius 1 is 1.64 bits per heavy atom. The fourth-order valence-corrected chi connectivity index (χ4v) is 0.759. The molecular formula is C8H14O3. The number of carbonyl (C=O) groups is 1. The van der Waals surface area contributed by atoms with Crippen LogP contribution >= 0.6 is 0 Å². The maximum absolute atomic E-state index is 10.1. The minimum absolute atomic E-state index is 0.155. The second kappa shape index (κ2) is 5.92. The second-order valence-corrected chi connectivity index (χ2v) is 2.40. The molecular weight excluding hydrogens is 144 g/mol. The lowest BCUT2D eigenvalue weighted by molar-refractivity contribution is -0.139. The fraction of sp³-hybridized carbons (Fsp3) is 0.625. The highest BCUT2D eigenvalue weighted by molar-refractivity contribution is 5.67. The van der Waals surface area contributed by atoms with Gasteiger partial charge in [0.1, 0.15) is 0 Å². The molecule has 0 aromatic rings. The first-order valence-corrected chi connectivity index (χ1v) is 3.67. The molecule has 3 nitrogen and oxygen atoms in total. The summed E-state index contributed by atoms with van der Waals surface area (Å²) in [4.78, 5) is 10.1. The van der Waals surface area contributed by atoms with Crippen LogP contribution in [0.15, 0.2) is 12.2 Å². The van der Waals surface area contributed by atoms with Gasteiger partial charge < -0.3 is 10.2 Å². The zero-order valence-electron chi connectivity index (χ0n) is 6.66. The van der Waals surface area contributed by atoms with Gasteiger partial charge in [0.2, 0.25) is 0 Å². The SMILES string of the molecule is CC=CCC[C@@H](O)CC(=O)O. The number of hydrogen-bond acceptors (Lipinski definition) is 2. The van der Waals surface area contributed by atoms with Crippen molar-refractivity contribution in [1.29, 1.82) is 0 Å². The Balaban J connectivity index is 3.36. The van der Waals surface area contributed by atoms with E-state index in [1.807, 2.05) is 19.1 Å². The average Bonchev–Trinajstić information content (AvgIpc) is 1.86. The van der Waals surface area contributed by atoms with E-state index in [0.717, 1.165) is 6.42 Å². The second-order valence-electron chi connectivity index (χ2n) is 2.40. The summed E-state index contributed by atoms with van der Waals surface area (Å²) in [6.07, 6.45) is 4.20. The van der Waals surface area contributed by atoms with Crippen molar-refractivity contribution < 1.29 is 15.0 Å². The van der Waals surface area contributed by atoms with Gasteiger partial charge in [0.25, 0.3) is 0 Å². The monoisotopic (exact) mass is 158 g/mol. The summed E-state index contributed by atoms with van der Waals surface area (Å²) >= 11 is 0. The molecule has 0 saturated heterocycles. The quantitative estimate of drug-likeness (QED) is 0.590. The molecule has 0 aliphatic carbocycles. The molecule has 0 aromatic carbocycles. The summed E-state index contributed by atoms with van der Waals surface area (Å²) in [6, 6.07) is 0. The van der Waals surface area contributed by atoms with Crippen molar-refractivity contribution in [2.75, 3.05) is 0 Å². The summed E-state index contributed by atoms with van der Waals surface area (Å²) in [7, 11) is 0. The zero-order chi connectivity index (χ0) is 8.69. The van der Waals surface area contributed by atoms with Crippen molar-refractivity contribution in [2.45, 2.75) is 32.3 Å². The van der Waals surface area contributed by atoms with Crippen molar-refractivity contribution in [3.8, 4) is 0 Å². The third kappa shape index (κ3) is 7.06. The molecule has 64 valence electrons. The van der Waals surface area contributed by atoms with Crippen LogP contribution < -0.4 is 0 Å². The molecule has 0 spiro atoms. The highest BCUT2D eigenvalue weighted by Crippen LogP contribution is 2.01. The molecule has 0 amide bonds. The molecule has 0 rings (SSSR count). The molecule has 0 aliphatic heterocycles. The number of aliphatic hydroxyl groups is 1. The molecule has 0 fully saturated rings. The van der Waals surface area contributed by atoms with Gasteiger partial charge in [-0.05, 0) is 19.8 Å². The fourth-order valence-electron chi connectivity index (χ4n) is 0.759. The lowest BCUT2D eigenvalue weighted by Gasteiger charge is -2.03. The summed E-state index contributed by atoms with van der Waals surface area (Å²) in [5.74, 6) is -0.946. The van der Waals surface area contributed by atoms with Gasteiger partial charge >= 0.3 is 5.97 Å². The van der Waals surface area contributed by atoms with Gasteiger partial charge in [0.05, 0.1) is 12.5 Å². The van der Waals surface area contributed by atoms with Gasteiger partial charge in [-0.2, -0.15) is 0 Å². The molecule has 0 heterocycles. The molecule has 0 saturated carbocycles. The summed E-state index contributed by atoms with van der Waals surface area (Å²) < 4.78 is 0. The molecule has 0 aliphatic rings. The summed E-state index contributed by atoms with van der Waals surface area (Å²) in [5, 5.41) is 17.3. The van der Waals surface area contributed by atoms with Crippen LogP contribution in [0.2, 0.25) is 0 Å². The first-order chi connectivity index (χ1) is 5.16. The Labute approximate surface area is 66.4 Å². The van der Waals surface area contributed by atoms with Crippen LogP contribution in [0, 0.1) is 0 Å². The molecule has 1 atom stereocenters. The van der Waals surface area contributed by atoms with E-state index in [1.165, 1.54) is 0 Å². The molecule has 2 N–H and O–H groups in total. The number of allylic oxidation sites excluding steroid dienone is 2. The minimum atomic E-state index is -0.946. The normalized spacial score (nSPS) is 13.6. The minimum Gasteiger partial charge on any atom is -0.481 e. The predicted octanol–water partition coefficient (Wildman–Crippen LogP) is 1.18. The van der Waals surface area contributed by atoms with Gasteiger partial charge in [-0.25, -0.2) is 0 Å². The average molecular weight is 158 g/mol. The van der Waals surface area contributed by atoms with E-state index < -0.39 is 12.1 Å². The highest BCUT2D eigenvalue weighted by atomic mass is 16.4. The Hall–Kier alpha value is -0.830. The Morgan fingerprint density at radius 3 is 2.73 bits per heavy atom. The Bertz CT molecular complexity index is 140. The van der Waals surface area contributed by atoms with Crippen molar-refractivity contribution in [2.24, 2.45) is 0 Å². The van der Waals surface area contributed by atoms with E-state index in [4.69, 9.17) is 10.2 Å². The van der Waals surface area contributed by atoms with E-state index in [2.05, 4.69) is 0 Å². The van der Waals surface area contributed by atoms with E-state index >= 15 is 0 Å². The number of aliphatic hydroxyl groups excluding tert-OH is 1. The standard InChI is InChI=1S/C8H14O3/c1-2-3-4-5-7(9)6-8(10)11/h2-3,7,9H,4-6H2,1H3,(H,10,11)/t7-/m1/s1. The van der Waals surface area contributed by atoms with Crippen LogP contribution in [0.4, 0.5) is 0 Å². The molecule has 11 heavy (non-hydrogen) atoms. The highest BCUT2D eigenvalue weighted by Gasteiger charge is 2.07. The largest absolute Gasteiger partial charge is 0.481 e. The van der Waals surface area contributed by atoms with Gasteiger partial charge in [0.15, 0.2) is 0 Å². The van der Waals surface area contributed by atoms with Gasteiger partial charge in [0, 0.05) is 0 Å². The first-order valence-electron chi connectivity index (χ1n) is 3.67. The topological polar surface area (TPSA) is 57.5 Å². The number of aliphatic carboxylic acids is 1.